The zero-order chi connectivity index (χ0) is 20.2. The summed E-state index contributed by atoms with van der Waals surface area (Å²) in [6.45, 7) is 3.50. The topological polar surface area (TPSA) is 97.0 Å². The number of hydrogen-bond donors (Lipinski definition) is 2. The van der Waals surface area contributed by atoms with Crippen molar-refractivity contribution in [3.05, 3.63) is 29.3 Å². The predicted molar refractivity (Wildman–Crippen MR) is 104 cm³/mol. The number of benzene rings is 1. The largest absolute Gasteiger partial charge is 0.493 e. The molecule has 3 aliphatic rings. The molecule has 1 aromatic rings. The van der Waals surface area contributed by atoms with Gasteiger partial charge >= 0.3 is 0 Å². The van der Waals surface area contributed by atoms with Crippen molar-refractivity contribution in [2.24, 2.45) is 0 Å². The lowest BCUT2D eigenvalue weighted by Gasteiger charge is -2.29. The van der Waals surface area contributed by atoms with E-state index in [0.717, 1.165) is 37.9 Å². The van der Waals surface area contributed by atoms with Gasteiger partial charge in [0.1, 0.15) is 11.8 Å². The highest BCUT2D eigenvalue weighted by molar-refractivity contribution is 6.05. The predicted octanol–water partition coefficient (Wildman–Crippen LogP) is 0.985. The lowest BCUT2D eigenvalue weighted by molar-refractivity contribution is -0.136. The van der Waals surface area contributed by atoms with Crippen molar-refractivity contribution in [2.45, 2.75) is 50.8 Å². The normalized spacial score (nSPS) is 22.6. The minimum Gasteiger partial charge on any atom is -0.493 e. The van der Waals surface area contributed by atoms with E-state index in [-0.39, 0.29) is 18.2 Å². The fraction of sp³-hybridized carbons (Fsp3) is 0.571. The third-order valence-electron chi connectivity index (χ3n) is 5.73. The van der Waals surface area contributed by atoms with Crippen molar-refractivity contribution in [1.29, 1.82) is 0 Å². The van der Waals surface area contributed by atoms with Crippen LogP contribution in [0.5, 0.6) is 5.75 Å². The number of nitrogens with zero attached hydrogens (tertiary/aromatic N) is 1. The lowest BCUT2D eigenvalue weighted by Crippen LogP contribution is -2.52. The summed E-state index contributed by atoms with van der Waals surface area (Å²) in [4.78, 5) is 37.9. The Bertz CT molecular complexity index is 791. The number of piperidine rings is 2. The summed E-state index contributed by atoms with van der Waals surface area (Å²) in [5.74, 6) is -0.201. The third kappa shape index (κ3) is 4.43. The van der Waals surface area contributed by atoms with Crippen molar-refractivity contribution in [2.75, 3.05) is 26.3 Å². The van der Waals surface area contributed by atoms with E-state index in [1.165, 1.54) is 0 Å². The Morgan fingerprint density at radius 3 is 2.69 bits per heavy atom. The molecule has 8 heteroatoms. The molecule has 2 N–H and O–H groups in total. The molecule has 2 saturated heterocycles. The molecular weight excluding hydrogens is 374 g/mol. The zero-order valence-corrected chi connectivity index (χ0v) is 16.4. The van der Waals surface area contributed by atoms with Gasteiger partial charge in [0.15, 0.2) is 0 Å². The summed E-state index contributed by atoms with van der Waals surface area (Å²) < 4.78 is 11.8. The smallest absolute Gasteiger partial charge is 0.255 e. The minimum absolute atomic E-state index is 0.186. The van der Waals surface area contributed by atoms with Gasteiger partial charge in [-0.1, -0.05) is 6.07 Å². The number of amides is 3. The second-order valence-corrected chi connectivity index (χ2v) is 7.70. The van der Waals surface area contributed by atoms with Crippen molar-refractivity contribution in [3.63, 3.8) is 0 Å². The molecule has 0 aliphatic carbocycles. The molecule has 0 aromatic heterocycles. The summed E-state index contributed by atoms with van der Waals surface area (Å²) in [5.41, 5.74) is 1.37. The second kappa shape index (κ2) is 8.92. The first-order chi connectivity index (χ1) is 14.1. The highest BCUT2D eigenvalue weighted by Crippen LogP contribution is 2.33. The molecule has 1 aromatic carbocycles. The Morgan fingerprint density at radius 2 is 1.90 bits per heavy atom. The fourth-order valence-corrected chi connectivity index (χ4v) is 4.15. The van der Waals surface area contributed by atoms with Gasteiger partial charge < -0.3 is 19.7 Å². The Labute approximate surface area is 169 Å². The van der Waals surface area contributed by atoms with Gasteiger partial charge in [-0.3, -0.25) is 19.7 Å². The molecule has 0 spiro atoms. The van der Waals surface area contributed by atoms with E-state index in [9.17, 15) is 14.4 Å². The first-order valence-electron chi connectivity index (χ1n) is 10.3. The fourth-order valence-electron chi connectivity index (χ4n) is 4.15. The van der Waals surface area contributed by atoms with Crippen molar-refractivity contribution in [3.8, 4) is 5.75 Å². The zero-order valence-electron chi connectivity index (χ0n) is 16.4. The number of imide groups is 1. The Morgan fingerprint density at radius 1 is 1.07 bits per heavy atom. The summed E-state index contributed by atoms with van der Waals surface area (Å²) in [5, 5.41) is 5.64. The number of carbonyl (C=O) groups excluding carboxylic acids is 3. The molecule has 0 bridgehead atoms. The van der Waals surface area contributed by atoms with Crippen LogP contribution < -0.4 is 15.4 Å². The van der Waals surface area contributed by atoms with E-state index in [4.69, 9.17) is 9.47 Å². The van der Waals surface area contributed by atoms with Gasteiger partial charge in [-0.2, -0.15) is 0 Å². The Hall–Kier alpha value is -2.45. The van der Waals surface area contributed by atoms with Gasteiger partial charge in [-0.15, -0.1) is 0 Å². The number of ether oxygens (including phenoxy) is 2. The molecule has 29 heavy (non-hydrogen) atoms. The first kappa shape index (κ1) is 19.8. The molecule has 4 rings (SSSR count). The average Bonchev–Trinajstić information content (AvgIpc) is 3.06. The van der Waals surface area contributed by atoms with Crippen LogP contribution >= 0.6 is 0 Å². The standard InChI is InChI=1S/C21H27N3O5/c25-19-6-5-17(20(26)23-19)24-13-16-15(21(24)27)3-1-4-18(16)29-12-2-11-28-14-7-9-22-10-8-14/h1,3-4,14,17,22H,2,5-13H2,(H,23,25,26). The van der Waals surface area contributed by atoms with Crippen LogP contribution in [0, 0.1) is 0 Å². The van der Waals surface area contributed by atoms with Crippen molar-refractivity contribution >= 4 is 17.7 Å². The number of hydrogen-bond acceptors (Lipinski definition) is 6. The number of fused-ring (bicyclic) bond motifs is 1. The van der Waals surface area contributed by atoms with Crippen molar-refractivity contribution in [1.82, 2.24) is 15.5 Å². The maximum absolute atomic E-state index is 12.8. The van der Waals surface area contributed by atoms with Crippen LogP contribution in [-0.4, -0.2) is 61.1 Å². The van der Waals surface area contributed by atoms with Crippen LogP contribution in [0.4, 0.5) is 0 Å². The molecule has 3 heterocycles. The number of nitrogens with one attached hydrogen (secondary N) is 2. The van der Waals surface area contributed by atoms with E-state index in [0.29, 0.717) is 43.6 Å². The van der Waals surface area contributed by atoms with E-state index in [2.05, 4.69) is 10.6 Å². The molecule has 3 amide bonds. The summed E-state index contributed by atoms with van der Waals surface area (Å²) in [7, 11) is 0. The summed E-state index contributed by atoms with van der Waals surface area (Å²) in [6, 6.07) is 4.80. The molecule has 0 radical (unpaired) electrons. The van der Waals surface area contributed by atoms with Crippen LogP contribution in [0.3, 0.4) is 0 Å². The van der Waals surface area contributed by atoms with E-state index in [1.54, 1.807) is 17.0 Å². The van der Waals surface area contributed by atoms with Crippen LogP contribution in [0.25, 0.3) is 0 Å². The molecule has 8 nitrogen and oxygen atoms in total. The van der Waals surface area contributed by atoms with E-state index in [1.807, 2.05) is 6.07 Å². The molecule has 0 saturated carbocycles. The first-order valence-corrected chi connectivity index (χ1v) is 10.3. The lowest BCUT2D eigenvalue weighted by atomic mass is 10.0. The number of rotatable bonds is 7. The summed E-state index contributed by atoms with van der Waals surface area (Å²) >= 11 is 0. The Balaban J connectivity index is 1.32. The molecule has 1 unspecified atom stereocenters. The van der Waals surface area contributed by atoms with Crippen LogP contribution in [0.2, 0.25) is 0 Å². The minimum atomic E-state index is -0.612. The molecular formula is C21H27N3O5. The highest BCUT2D eigenvalue weighted by atomic mass is 16.5. The van der Waals surface area contributed by atoms with Crippen LogP contribution in [-0.2, 0) is 20.9 Å². The van der Waals surface area contributed by atoms with Gasteiger partial charge in [0, 0.05) is 24.0 Å². The van der Waals surface area contributed by atoms with Crippen LogP contribution in [0.15, 0.2) is 18.2 Å². The van der Waals surface area contributed by atoms with Crippen LogP contribution in [0.1, 0.15) is 48.0 Å². The Kier molecular flexibility index (Phi) is 6.10. The van der Waals surface area contributed by atoms with Gasteiger partial charge in [0.25, 0.3) is 5.91 Å². The van der Waals surface area contributed by atoms with Gasteiger partial charge in [-0.25, -0.2) is 0 Å². The molecule has 3 aliphatic heterocycles. The molecule has 1 atom stereocenters. The molecule has 2 fully saturated rings. The quantitative estimate of drug-likeness (QED) is 0.522. The SMILES string of the molecule is O=C1CCC(N2Cc3c(OCCCOC4CCNCC4)cccc3C2=O)C(=O)N1. The van der Waals surface area contributed by atoms with Gasteiger partial charge in [0.05, 0.1) is 25.9 Å². The monoisotopic (exact) mass is 401 g/mol. The molecule has 156 valence electrons. The summed E-state index contributed by atoms with van der Waals surface area (Å²) in [6.07, 6.45) is 3.80. The maximum atomic E-state index is 12.8. The van der Waals surface area contributed by atoms with Crippen molar-refractivity contribution < 1.29 is 23.9 Å². The van der Waals surface area contributed by atoms with E-state index >= 15 is 0 Å². The van der Waals surface area contributed by atoms with Gasteiger partial charge in [-0.05, 0) is 44.5 Å². The third-order valence-corrected chi connectivity index (χ3v) is 5.73. The number of carbonyl (C=O) groups is 3. The van der Waals surface area contributed by atoms with E-state index < -0.39 is 11.9 Å². The maximum Gasteiger partial charge on any atom is 0.255 e. The van der Waals surface area contributed by atoms with Gasteiger partial charge in [0.2, 0.25) is 11.8 Å². The second-order valence-electron chi connectivity index (χ2n) is 7.70. The average molecular weight is 401 g/mol. The highest BCUT2D eigenvalue weighted by Gasteiger charge is 2.40.